The maximum Gasteiger partial charge on any atom is 0.337 e. The smallest absolute Gasteiger partial charge is 0.337 e. The van der Waals surface area contributed by atoms with Crippen molar-refractivity contribution < 1.29 is 9.90 Å². The Balaban J connectivity index is 1.39. The van der Waals surface area contributed by atoms with Crippen LogP contribution in [0.4, 0.5) is 0 Å². The SMILES string of the molecule is Cc1cccc2c1c(Cc1c(-c3ccc4ccccc4c3C(=O)O)nc3ccccn13)cn2CCN1CCCC1. The largest absolute Gasteiger partial charge is 0.478 e. The second-order valence-corrected chi connectivity index (χ2v) is 10.9. The molecule has 0 unspecified atom stereocenters. The first-order chi connectivity index (χ1) is 19.6. The molecule has 200 valence electrons. The van der Waals surface area contributed by atoms with Crippen LogP contribution in [0.5, 0.6) is 0 Å². The number of nitrogens with zero attached hydrogens (tertiary/aromatic N) is 4. The van der Waals surface area contributed by atoms with Gasteiger partial charge in [-0.3, -0.25) is 0 Å². The lowest BCUT2D eigenvalue weighted by Gasteiger charge is -2.15. The van der Waals surface area contributed by atoms with Gasteiger partial charge in [-0.25, -0.2) is 9.78 Å². The average molecular weight is 529 g/mol. The molecule has 0 amide bonds. The zero-order valence-corrected chi connectivity index (χ0v) is 22.7. The fourth-order valence-electron chi connectivity index (χ4n) is 6.52. The van der Waals surface area contributed by atoms with E-state index in [1.54, 1.807) is 0 Å². The Bertz CT molecular complexity index is 1890. The van der Waals surface area contributed by atoms with E-state index in [9.17, 15) is 9.90 Å². The zero-order chi connectivity index (χ0) is 27.2. The molecule has 40 heavy (non-hydrogen) atoms. The number of hydrogen-bond acceptors (Lipinski definition) is 3. The summed E-state index contributed by atoms with van der Waals surface area (Å²) < 4.78 is 4.51. The number of aromatic carboxylic acids is 1. The van der Waals surface area contributed by atoms with Crippen LogP contribution in [0.3, 0.4) is 0 Å². The van der Waals surface area contributed by atoms with E-state index in [0.29, 0.717) is 17.5 Å². The predicted octanol–water partition coefficient (Wildman–Crippen LogP) is 6.80. The quantitative estimate of drug-likeness (QED) is 0.247. The minimum absolute atomic E-state index is 0.298. The molecule has 1 saturated heterocycles. The van der Waals surface area contributed by atoms with Crippen molar-refractivity contribution >= 4 is 33.3 Å². The normalized spacial score (nSPS) is 14.1. The van der Waals surface area contributed by atoms with Gasteiger partial charge in [0, 0.05) is 48.4 Å². The van der Waals surface area contributed by atoms with Gasteiger partial charge < -0.3 is 19.0 Å². The maximum absolute atomic E-state index is 12.7. The van der Waals surface area contributed by atoms with Crippen molar-refractivity contribution in [1.29, 1.82) is 0 Å². The number of aromatic nitrogens is 3. The van der Waals surface area contributed by atoms with Crippen molar-refractivity contribution in [3.8, 4) is 11.3 Å². The molecule has 1 aliphatic heterocycles. The average Bonchev–Trinajstić information content (AvgIpc) is 3.70. The summed E-state index contributed by atoms with van der Waals surface area (Å²) >= 11 is 0. The number of hydrogen-bond donors (Lipinski definition) is 1. The van der Waals surface area contributed by atoms with E-state index in [-0.39, 0.29) is 0 Å². The molecular weight excluding hydrogens is 496 g/mol. The van der Waals surface area contributed by atoms with Gasteiger partial charge in [0.05, 0.1) is 17.0 Å². The first-order valence-corrected chi connectivity index (χ1v) is 14.1. The molecule has 3 aromatic heterocycles. The lowest BCUT2D eigenvalue weighted by Crippen LogP contribution is -2.23. The minimum atomic E-state index is -0.941. The molecule has 6 aromatic rings. The summed E-state index contributed by atoms with van der Waals surface area (Å²) in [5.74, 6) is -0.941. The Hall–Kier alpha value is -4.42. The summed E-state index contributed by atoms with van der Waals surface area (Å²) in [6.45, 7) is 6.56. The molecule has 1 aliphatic rings. The van der Waals surface area contributed by atoms with Crippen LogP contribution in [0.25, 0.3) is 38.6 Å². The van der Waals surface area contributed by atoms with E-state index < -0.39 is 5.97 Å². The molecule has 0 bridgehead atoms. The van der Waals surface area contributed by atoms with Crippen LogP contribution < -0.4 is 0 Å². The molecule has 6 nitrogen and oxygen atoms in total. The van der Waals surface area contributed by atoms with E-state index in [0.717, 1.165) is 40.9 Å². The minimum Gasteiger partial charge on any atom is -0.478 e. The van der Waals surface area contributed by atoms with Crippen molar-refractivity contribution in [2.75, 3.05) is 19.6 Å². The number of benzene rings is 3. The summed E-state index contributed by atoms with van der Waals surface area (Å²) in [7, 11) is 0. The van der Waals surface area contributed by atoms with Crippen molar-refractivity contribution in [2.24, 2.45) is 0 Å². The third kappa shape index (κ3) is 4.16. The number of pyridine rings is 1. The van der Waals surface area contributed by atoms with Gasteiger partial charge in [-0.1, -0.05) is 54.6 Å². The number of carboxylic acids is 1. The van der Waals surface area contributed by atoms with Gasteiger partial charge >= 0.3 is 5.97 Å². The van der Waals surface area contributed by atoms with E-state index in [2.05, 4.69) is 45.2 Å². The van der Waals surface area contributed by atoms with Gasteiger partial charge in [0.25, 0.3) is 0 Å². The molecule has 7 rings (SSSR count). The Kier molecular flexibility index (Phi) is 6.13. The van der Waals surface area contributed by atoms with Crippen LogP contribution in [0.1, 0.15) is 40.0 Å². The Labute approximate surface area is 233 Å². The van der Waals surface area contributed by atoms with Crippen molar-refractivity contribution in [2.45, 2.75) is 32.7 Å². The number of rotatable bonds is 7. The fourth-order valence-corrected chi connectivity index (χ4v) is 6.52. The molecule has 0 saturated carbocycles. The number of aryl methyl sites for hydroxylation is 1. The summed E-state index contributed by atoms with van der Waals surface area (Å²) in [6, 6.07) is 24.1. The maximum atomic E-state index is 12.7. The van der Waals surface area contributed by atoms with Crippen LogP contribution in [0, 0.1) is 6.92 Å². The Morgan fingerprint density at radius 2 is 1.75 bits per heavy atom. The number of fused-ring (bicyclic) bond motifs is 3. The second kappa shape index (κ2) is 9.96. The van der Waals surface area contributed by atoms with E-state index in [1.807, 2.05) is 60.8 Å². The Morgan fingerprint density at radius 1 is 0.925 bits per heavy atom. The molecule has 3 aromatic carbocycles. The molecule has 1 N–H and O–H groups in total. The van der Waals surface area contributed by atoms with Crippen LogP contribution in [0.2, 0.25) is 0 Å². The molecular formula is C34H32N4O2. The third-order valence-corrected chi connectivity index (χ3v) is 8.43. The monoisotopic (exact) mass is 528 g/mol. The number of likely N-dealkylation sites (tertiary alicyclic amines) is 1. The Morgan fingerprint density at radius 3 is 2.60 bits per heavy atom. The highest BCUT2D eigenvalue weighted by Gasteiger charge is 2.23. The lowest BCUT2D eigenvalue weighted by molar-refractivity contribution is 0.0700. The highest BCUT2D eigenvalue weighted by Crippen LogP contribution is 2.35. The first kappa shape index (κ1) is 24.6. The van der Waals surface area contributed by atoms with Gasteiger partial charge in [-0.15, -0.1) is 0 Å². The fraction of sp³-hybridized carbons (Fsp3) is 0.235. The van der Waals surface area contributed by atoms with Crippen LogP contribution >= 0.6 is 0 Å². The van der Waals surface area contributed by atoms with Gasteiger partial charge in [0.1, 0.15) is 5.65 Å². The van der Waals surface area contributed by atoms with Gasteiger partial charge in [0.2, 0.25) is 0 Å². The van der Waals surface area contributed by atoms with E-state index in [1.165, 1.54) is 48.0 Å². The van der Waals surface area contributed by atoms with Crippen LogP contribution in [-0.2, 0) is 13.0 Å². The zero-order valence-electron chi connectivity index (χ0n) is 22.7. The number of carboxylic acid groups (broad SMARTS) is 1. The topological polar surface area (TPSA) is 62.8 Å². The molecule has 0 aliphatic carbocycles. The summed E-state index contributed by atoms with van der Waals surface area (Å²) in [5, 5.41) is 13.3. The van der Waals surface area contributed by atoms with Crippen molar-refractivity contribution in [3.63, 3.8) is 0 Å². The number of carbonyl (C=O) groups is 1. The molecule has 0 atom stereocenters. The van der Waals surface area contributed by atoms with Crippen molar-refractivity contribution in [3.05, 3.63) is 108 Å². The molecule has 1 fully saturated rings. The molecule has 0 radical (unpaired) electrons. The lowest BCUT2D eigenvalue weighted by atomic mass is 9.94. The highest BCUT2D eigenvalue weighted by atomic mass is 16.4. The van der Waals surface area contributed by atoms with E-state index >= 15 is 0 Å². The third-order valence-electron chi connectivity index (χ3n) is 8.43. The highest BCUT2D eigenvalue weighted by molar-refractivity contribution is 6.09. The van der Waals surface area contributed by atoms with Crippen LogP contribution in [-0.4, -0.2) is 49.6 Å². The van der Waals surface area contributed by atoms with Crippen LogP contribution in [0.15, 0.2) is 85.2 Å². The first-order valence-electron chi connectivity index (χ1n) is 14.1. The summed E-state index contributed by atoms with van der Waals surface area (Å²) in [6.07, 6.45) is 7.56. The number of imidazole rings is 1. The molecule has 4 heterocycles. The van der Waals surface area contributed by atoms with E-state index in [4.69, 9.17) is 4.98 Å². The summed E-state index contributed by atoms with van der Waals surface area (Å²) in [5.41, 5.74) is 7.22. The molecule has 0 spiro atoms. The second-order valence-electron chi connectivity index (χ2n) is 10.9. The summed E-state index contributed by atoms with van der Waals surface area (Å²) in [4.78, 5) is 20.2. The van der Waals surface area contributed by atoms with Crippen molar-refractivity contribution in [1.82, 2.24) is 18.9 Å². The standard InChI is InChI=1S/C34H32N4O2/c1-23-9-8-12-28-31(23)25(22-37(28)20-19-36-16-6-7-17-36)21-29-33(35-30-13-4-5-18-38(29)30)27-15-14-24-10-2-3-11-26(24)32(27)34(39)40/h2-5,8-15,18,22H,6-7,16-17,19-21H2,1H3,(H,39,40). The van der Waals surface area contributed by atoms with Gasteiger partial charge in [-0.2, -0.15) is 0 Å². The van der Waals surface area contributed by atoms with Gasteiger partial charge in [-0.05, 0) is 73.0 Å². The van der Waals surface area contributed by atoms with Gasteiger partial charge in [0.15, 0.2) is 0 Å². The predicted molar refractivity (Wildman–Crippen MR) is 160 cm³/mol. The molecule has 6 heteroatoms.